The van der Waals surface area contributed by atoms with E-state index in [4.69, 9.17) is 19.7 Å². The van der Waals surface area contributed by atoms with E-state index in [0.29, 0.717) is 5.75 Å². The molecule has 0 saturated carbocycles. The molecule has 0 saturated heterocycles. The van der Waals surface area contributed by atoms with E-state index in [1.54, 1.807) is 19.1 Å². The van der Waals surface area contributed by atoms with Gasteiger partial charge in [0.15, 0.2) is 0 Å². The maximum atomic E-state index is 9.90. The van der Waals surface area contributed by atoms with Gasteiger partial charge in [-0.25, -0.2) is 0 Å². The van der Waals surface area contributed by atoms with Crippen molar-refractivity contribution in [3.8, 4) is 11.5 Å². The van der Waals surface area contributed by atoms with E-state index in [0.717, 1.165) is 0 Å². The monoisotopic (exact) mass is 286 g/mol. The molecule has 4 atom stereocenters. The number of hydrogen-bond donors (Lipinski definition) is 4. The third-order valence-corrected chi connectivity index (χ3v) is 2.91. The molecule has 20 heavy (non-hydrogen) atoms. The first-order chi connectivity index (χ1) is 9.43. The topological polar surface area (TPSA) is 99.4 Å². The maximum Gasteiger partial charge on any atom is 0.119 e. The lowest BCUT2D eigenvalue weighted by Gasteiger charge is -2.26. The highest BCUT2D eigenvalue weighted by molar-refractivity contribution is 5.30. The lowest BCUT2D eigenvalue weighted by atomic mass is 10.2. The van der Waals surface area contributed by atoms with Crippen molar-refractivity contribution in [2.24, 2.45) is 0 Å². The number of benzene rings is 1. The Bertz CT molecular complexity index is 378. The second kappa shape index (κ2) is 8.06. The van der Waals surface area contributed by atoms with E-state index in [1.165, 1.54) is 19.1 Å². The van der Waals surface area contributed by atoms with Crippen LogP contribution in [0, 0.1) is 0 Å². The second-order valence-electron chi connectivity index (χ2n) is 4.68. The van der Waals surface area contributed by atoms with Crippen LogP contribution in [0.25, 0.3) is 0 Å². The van der Waals surface area contributed by atoms with Crippen molar-refractivity contribution >= 4 is 0 Å². The zero-order valence-corrected chi connectivity index (χ0v) is 11.6. The Balaban J connectivity index is 2.41. The Hall–Kier alpha value is -1.34. The van der Waals surface area contributed by atoms with Crippen LogP contribution in [-0.4, -0.2) is 58.1 Å². The van der Waals surface area contributed by atoms with Crippen molar-refractivity contribution in [1.29, 1.82) is 0 Å². The zero-order chi connectivity index (χ0) is 15.1. The highest BCUT2D eigenvalue weighted by Gasteiger charge is 2.23. The van der Waals surface area contributed by atoms with Gasteiger partial charge in [-0.3, -0.25) is 0 Å². The molecule has 1 aromatic rings. The van der Waals surface area contributed by atoms with Gasteiger partial charge in [-0.1, -0.05) is 0 Å². The van der Waals surface area contributed by atoms with E-state index in [2.05, 4.69) is 0 Å². The van der Waals surface area contributed by atoms with Crippen LogP contribution in [0.15, 0.2) is 24.3 Å². The van der Waals surface area contributed by atoms with E-state index in [1.807, 2.05) is 0 Å². The third-order valence-electron chi connectivity index (χ3n) is 2.91. The van der Waals surface area contributed by atoms with Gasteiger partial charge in [-0.05, 0) is 38.1 Å². The summed E-state index contributed by atoms with van der Waals surface area (Å²) in [5.74, 6) is 0.653. The van der Waals surface area contributed by atoms with Crippen molar-refractivity contribution in [3.05, 3.63) is 24.3 Å². The average molecular weight is 286 g/mol. The molecule has 0 aliphatic heterocycles. The molecule has 0 aromatic heterocycles. The molecule has 4 N–H and O–H groups in total. The molecule has 0 heterocycles. The molecule has 4 unspecified atom stereocenters. The summed E-state index contributed by atoms with van der Waals surface area (Å²) in [4.78, 5) is 0. The predicted molar refractivity (Wildman–Crippen MR) is 72.7 cm³/mol. The summed E-state index contributed by atoms with van der Waals surface area (Å²) < 4.78 is 10.7. The Morgan fingerprint density at radius 1 is 1.10 bits per heavy atom. The number of ether oxygens (including phenoxy) is 2. The highest BCUT2D eigenvalue weighted by atomic mass is 16.5. The third kappa shape index (κ3) is 5.34. The molecule has 6 nitrogen and oxygen atoms in total. The summed E-state index contributed by atoms with van der Waals surface area (Å²) in [5.41, 5.74) is 0. The first-order valence-electron chi connectivity index (χ1n) is 6.48. The molecule has 114 valence electrons. The fraction of sp³-hybridized carbons (Fsp3) is 0.571. The normalized spacial score (nSPS) is 17.2. The molecule has 1 rings (SSSR count). The molecule has 0 aliphatic carbocycles. The van der Waals surface area contributed by atoms with E-state index < -0.39 is 24.4 Å². The van der Waals surface area contributed by atoms with Crippen LogP contribution in [0.1, 0.15) is 13.8 Å². The first-order valence-corrected chi connectivity index (χ1v) is 6.48. The number of hydrogen-bond acceptors (Lipinski definition) is 6. The van der Waals surface area contributed by atoms with Gasteiger partial charge in [0.05, 0.1) is 18.8 Å². The number of aliphatic hydroxyl groups excluding tert-OH is 3. The molecule has 0 bridgehead atoms. The van der Waals surface area contributed by atoms with Gasteiger partial charge in [-0.2, -0.15) is 0 Å². The van der Waals surface area contributed by atoms with Gasteiger partial charge in [0.25, 0.3) is 0 Å². The molecular weight excluding hydrogens is 264 g/mol. The van der Waals surface area contributed by atoms with Crippen LogP contribution in [0.3, 0.4) is 0 Å². The number of aliphatic hydroxyl groups is 3. The van der Waals surface area contributed by atoms with Crippen molar-refractivity contribution in [3.63, 3.8) is 0 Å². The Morgan fingerprint density at radius 3 is 2.20 bits per heavy atom. The summed E-state index contributed by atoms with van der Waals surface area (Å²) in [5, 5.41) is 37.4. The smallest absolute Gasteiger partial charge is 0.119 e. The number of phenols is 1. The van der Waals surface area contributed by atoms with Crippen LogP contribution < -0.4 is 4.74 Å². The largest absolute Gasteiger partial charge is 0.508 e. The Labute approximate surface area is 118 Å². The number of rotatable bonds is 8. The van der Waals surface area contributed by atoms with E-state index >= 15 is 0 Å². The van der Waals surface area contributed by atoms with Crippen LogP contribution in [-0.2, 0) is 4.74 Å². The summed E-state index contributed by atoms with van der Waals surface area (Å²) >= 11 is 0. The van der Waals surface area contributed by atoms with Gasteiger partial charge < -0.3 is 29.9 Å². The Morgan fingerprint density at radius 2 is 1.70 bits per heavy atom. The van der Waals surface area contributed by atoms with Gasteiger partial charge in [0.1, 0.15) is 30.3 Å². The number of aromatic hydroxyl groups is 1. The minimum absolute atomic E-state index is 0.00387. The second-order valence-corrected chi connectivity index (χ2v) is 4.68. The van der Waals surface area contributed by atoms with Crippen LogP contribution >= 0.6 is 0 Å². The van der Waals surface area contributed by atoms with Gasteiger partial charge in [0, 0.05) is 0 Å². The summed E-state index contributed by atoms with van der Waals surface area (Å²) in [6.07, 6.45) is -3.07. The summed E-state index contributed by atoms with van der Waals surface area (Å²) in [6, 6.07) is 6.13. The van der Waals surface area contributed by atoms with Crippen molar-refractivity contribution < 1.29 is 29.9 Å². The predicted octanol–water partition coefficient (Wildman–Crippen LogP) is 0.279. The summed E-state index contributed by atoms with van der Waals surface area (Å²) in [6.45, 7) is 2.82. The zero-order valence-electron chi connectivity index (χ0n) is 11.6. The molecule has 0 spiro atoms. The molecule has 0 radical (unpaired) electrons. The molecular formula is C14H22O6. The molecule has 0 amide bonds. The molecule has 0 aliphatic rings. The van der Waals surface area contributed by atoms with Gasteiger partial charge in [-0.15, -0.1) is 0 Å². The first kappa shape index (κ1) is 16.7. The fourth-order valence-electron chi connectivity index (χ4n) is 1.54. The lowest BCUT2D eigenvalue weighted by molar-refractivity contribution is -0.125. The minimum atomic E-state index is -0.906. The highest BCUT2D eigenvalue weighted by Crippen LogP contribution is 2.16. The Kier molecular flexibility index (Phi) is 6.74. The quantitative estimate of drug-likeness (QED) is 0.548. The van der Waals surface area contributed by atoms with Gasteiger partial charge in [0.2, 0.25) is 0 Å². The lowest BCUT2D eigenvalue weighted by Crippen LogP contribution is -2.40. The summed E-state index contributed by atoms with van der Waals surface area (Å²) in [7, 11) is 0. The number of phenolic OH excluding ortho intramolecular Hbond substituents is 1. The van der Waals surface area contributed by atoms with E-state index in [9.17, 15) is 10.2 Å². The minimum Gasteiger partial charge on any atom is -0.508 e. The average Bonchev–Trinajstić information content (AvgIpc) is 2.43. The fourth-order valence-corrected chi connectivity index (χ4v) is 1.54. The van der Waals surface area contributed by atoms with Crippen LogP contribution in [0.2, 0.25) is 0 Å². The van der Waals surface area contributed by atoms with Crippen LogP contribution in [0.5, 0.6) is 11.5 Å². The SMILES string of the molecule is CC(O)C(CO)OC(C)C(O)COc1ccc(O)cc1. The van der Waals surface area contributed by atoms with E-state index in [-0.39, 0.29) is 19.0 Å². The maximum absolute atomic E-state index is 9.90. The van der Waals surface area contributed by atoms with Crippen molar-refractivity contribution in [1.82, 2.24) is 0 Å². The van der Waals surface area contributed by atoms with Crippen molar-refractivity contribution in [2.75, 3.05) is 13.2 Å². The van der Waals surface area contributed by atoms with Crippen molar-refractivity contribution in [2.45, 2.75) is 38.3 Å². The van der Waals surface area contributed by atoms with Gasteiger partial charge >= 0.3 is 0 Å². The molecule has 6 heteroatoms. The molecule has 1 aromatic carbocycles. The standard InChI is InChI=1S/C14H22O6/c1-9(16)14(7-15)20-10(2)13(18)8-19-12-5-3-11(17)4-6-12/h3-6,9-10,13-18H,7-8H2,1-2H3. The molecule has 0 fully saturated rings. The van der Waals surface area contributed by atoms with Crippen LogP contribution in [0.4, 0.5) is 0 Å².